The van der Waals surface area contributed by atoms with E-state index in [0.29, 0.717) is 6.20 Å². The third kappa shape index (κ3) is 3.32. The van der Waals surface area contributed by atoms with Crippen LogP contribution >= 0.6 is 11.6 Å². The zero-order valence-electron chi connectivity index (χ0n) is 12.6. The Bertz CT molecular complexity index is 1010. The topological polar surface area (TPSA) is 74.6 Å². The second-order valence-electron chi connectivity index (χ2n) is 4.98. The van der Waals surface area contributed by atoms with E-state index < -0.39 is 29.1 Å². The largest absolute Gasteiger partial charge is 0.436 e. The molecule has 0 saturated heterocycles. The summed E-state index contributed by atoms with van der Waals surface area (Å²) in [5, 5.41) is 15.0. The molecule has 0 atom stereocenters. The van der Waals surface area contributed by atoms with Crippen LogP contribution in [0.25, 0.3) is 11.3 Å². The molecular weight excluding hydrogens is 376 g/mol. The third-order valence-electron chi connectivity index (χ3n) is 3.31. The molecule has 2 aromatic heterocycles. The van der Waals surface area contributed by atoms with Gasteiger partial charge in [0.1, 0.15) is 17.0 Å². The predicted molar refractivity (Wildman–Crippen MR) is 83.0 cm³/mol. The molecule has 0 unspecified atom stereocenters. The number of aromatic nitrogens is 3. The van der Waals surface area contributed by atoms with Crippen molar-refractivity contribution in [2.75, 3.05) is 0 Å². The van der Waals surface area contributed by atoms with Gasteiger partial charge in [-0.25, -0.2) is 9.37 Å². The van der Waals surface area contributed by atoms with Gasteiger partial charge < -0.3 is 4.74 Å². The number of aromatic amines is 1. The van der Waals surface area contributed by atoms with Crippen LogP contribution in [0.15, 0.2) is 36.7 Å². The minimum absolute atomic E-state index is 0.0208. The van der Waals surface area contributed by atoms with E-state index in [1.54, 1.807) is 6.07 Å². The number of nitriles is 1. The first-order valence-corrected chi connectivity index (χ1v) is 7.32. The molecule has 1 aromatic carbocycles. The number of nitrogens with zero attached hydrogens (tertiary/aromatic N) is 3. The Morgan fingerprint density at radius 3 is 2.69 bits per heavy atom. The molecule has 2 heterocycles. The Hall–Kier alpha value is -3.12. The molecule has 0 aliphatic heterocycles. The Morgan fingerprint density at radius 1 is 1.27 bits per heavy atom. The normalized spacial score (nSPS) is 11.2. The van der Waals surface area contributed by atoms with Gasteiger partial charge in [-0.15, -0.1) is 0 Å². The maximum Gasteiger partial charge on any atom is 0.420 e. The zero-order chi connectivity index (χ0) is 18.9. The van der Waals surface area contributed by atoms with E-state index in [0.717, 1.165) is 12.3 Å². The lowest BCUT2D eigenvalue weighted by atomic mass is 10.0. The second-order valence-corrected chi connectivity index (χ2v) is 5.41. The maximum atomic E-state index is 13.9. The lowest BCUT2D eigenvalue weighted by molar-refractivity contribution is -0.137. The van der Waals surface area contributed by atoms with Crippen LogP contribution < -0.4 is 4.74 Å². The number of rotatable bonds is 3. The van der Waals surface area contributed by atoms with Crippen molar-refractivity contribution in [1.82, 2.24) is 15.2 Å². The van der Waals surface area contributed by atoms with E-state index in [9.17, 15) is 22.8 Å². The molecule has 0 amide bonds. The standard InChI is InChI=1S/C16H7ClF4N4O/c17-9-4-11(18)15(23-6-9)26-12-3-1-2-8(5-22)13(12)14-10(7-24-25-14)16(19,20)21/h1-4,6-7H,(H,24,25). The van der Waals surface area contributed by atoms with Crippen LogP contribution in [0.4, 0.5) is 17.6 Å². The molecule has 10 heteroatoms. The van der Waals surface area contributed by atoms with E-state index in [1.807, 2.05) is 0 Å². The molecule has 0 bridgehead atoms. The van der Waals surface area contributed by atoms with Crippen molar-refractivity contribution in [2.24, 2.45) is 0 Å². The van der Waals surface area contributed by atoms with Crippen LogP contribution in [-0.2, 0) is 6.18 Å². The van der Waals surface area contributed by atoms with Gasteiger partial charge in [0.05, 0.1) is 22.2 Å². The highest BCUT2D eigenvalue weighted by atomic mass is 35.5. The highest BCUT2D eigenvalue weighted by Crippen LogP contribution is 2.41. The number of benzene rings is 1. The highest BCUT2D eigenvalue weighted by Gasteiger charge is 2.37. The fourth-order valence-electron chi connectivity index (χ4n) is 2.23. The van der Waals surface area contributed by atoms with Gasteiger partial charge in [0.15, 0.2) is 5.82 Å². The molecule has 0 saturated carbocycles. The second kappa shape index (κ2) is 6.65. The average molecular weight is 383 g/mol. The van der Waals surface area contributed by atoms with Gasteiger partial charge in [0.2, 0.25) is 0 Å². The molecule has 0 aliphatic carbocycles. The quantitative estimate of drug-likeness (QED) is 0.650. The maximum absolute atomic E-state index is 13.9. The molecule has 0 fully saturated rings. The van der Waals surface area contributed by atoms with E-state index in [1.165, 1.54) is 18.2 Å². The number of hydrogen-bond acceptors (Lipinski definition) is 4. The van der Waals surface area contributed by atoms with Crippen LogP contribution in [0.1, 0.15) is 11.1 Å². The van der Waals surface area contributed by atoms with Gasteiger partial charge in [-0.05, 0) is 18.2 Å². The smallest absolute Gasteiger partial charge is 0.420 e. The molecular formula is C16H7ClF4N4O. The summed E-state index contributed by atoms with van der Waals surface area (Å²) in [7, 11) is 0. The van der Waals surface area contributed by atoms with Crippen molar-refractivity contribution < 1.29 is 22.3 Å². The van der Waals surface area contributed by atoms with E-state index in [2.05, 4.69) is 15.2 Å². The first-order valence-electron chi connectivity index (χ1n) is 6.94. The summed E-state index contributed by atoms with van der Waals surface area (Å²) < 4.78 is 58.8. The van der Waals surface area contributed by atoms with Crippen molar-refractivity contribution >= 4 is 11.6 Å². The molecule has 1 N–H and O–H groups in total. The summed E-state index contributed by atoms with van der Waals surface area (Å²) >= 11 is 5.61. The fourth-order valence-corrected chi connectivity index (χ4v) is 2.38. The monoisotopic (exact) mass is 382 g/mol. The number of nitrogens with one attached hydrogen (secondary N) is 1. The van der Waals surface area contributed by atoms with Crippen molar-refractivity contribution in [3.63, 3.8) is 0 Å². The van der Waals surface area contributed by atoms with Crippen LogP contribution in [0.3, 0.4) is 0 Å². The van der Waals surface area contributed by atoms with Crippen LogP contribution in [0.5, 0.6) is 11.6 Å². The Balaban J connectivity index is 2.17. The molecule has 132 valence electrons. The number of ether oxygens (including phenoxy) is 1. The van der Waals surface area contributed by atoms with Crippen molar-refractivity contribution in [2.45, 2.75) is 6.18 Å². The number of alkyl halides is 3. The summed E-state index contributed by atoms with van der Waals surface area (Å²) in [5.74, 6) is -1.63. The summed E-state index contributed by atoms with van der Waals surface area (Å²) in [4.78, 5) is 3.66. The van der Waals surface area contributed by atoms with Gasteiger partial charge in [-0.3, -0.25) is 5.10 Å². The summed E-state index contributed by atoms with van der Waals surface area (Å²) in [5.41, 5.74) is -2.00. The predicted octanol–water partition coefficient (Wildman–Crippen LogP) is 4.95. The first kappa shape index (κ1) is 17.7. The van der Waals surface area contributed by atoms with Gasteiger partial charge in [0, 0.05) is 12.4 Å². The molecule has 26 heavy (non-hydrogen) atoms. The fraction of sp³-hybridized carbons (Fsp3) is 0.0625. The van der Waals surface area contributed by atoms with Crippen molar-refractivity contribution in [3.8, 4) is 29.0 Å². The molecule has 0 spiro atoms. The lowest BCUT2D eigenvalue weighted by Gasteiger charge is -2.13. The number of pyridine rings is 1. The summed E-state index contributed by atoms with van der Waals surface area (Å²) in [6.45, 7) is 0. The molecule has 0 radical (unpaired) electrons. The summed E-state index contributed by atoms with van der Waals surface area (Å²) in [6, 6.07) is 6.67. The van der Waals surface area contributed by atoms with Crippen LogP contribution in [-0.4, -0.2) is 15.2 Å². The summed E-state index contributed by atoms with van der Waals surface area (Å²) in [6.07, 6.45) is -2.94. The Kier molecular flexibility index (Phi) is 4.52. The molecule has 0 aliphatic rings. The number of halogens is 5. The Morgan fingerprint density at radius 2 is 2.04 bits per heavy atom. The third-order valence-corrected chi connectivity index (χ3v) is 3.52. The van der Waals surface area contributed by atoms with Gasteiger partial charge >= 0.3 is 6.18 Å². The van der Waals surface area contributed by atoms with E-state index in [4.69, 9.17) is 16.3 Å². The van der Waals surface area contributed by atoms with Gasteiger partial charge in [-0.1, -0.05) is 17.7 Å². The molecule has 3 rings (SSSR count). The number of H-pyrrole nitrogens is 1. The lowest BCUT2D eigenvalue weighted by Crippen LogP contribution is -2.06. The zero-order valence-corrected chi connectivity index (χ0v) is 13.4. The first-order chi connectivity index (χ1) is 12.3. The van der Waals surface area contributed by atoms with Gasteiger partial charge in [-0.2, -0.15) is 23.5 Å². The van der Waals surface area contributed by atoms with Gasteiger partial charge in [0.25, 0.3) is 5.88 Å². The SMILES string of the molecule is N#Cc1cccc(Oc2ncc(Cl)cc2F)c1-c1n[nH]cc1C(F)(F)F. The minimum Gasteiger partial charge on any atom is -0.436 e. The van der Waals surface area contributed by atoms with Crippen LogP contribution in [0.2, 0.25) is 5.02 Å². The Labute approximate surface area is 148 Å². The molecule has 3 aromatic rings. The van der Waals surface area contributed by atoms with E-state index >= 15 is 0 Å². The molecule has 5 nitrogen and oxygen atoms in total. The highest BCUT2D eigenvalue weighted by molar-refractivity contribution is 6.30. The van der Waals surface area contributed by atoms with Crippen molar-refractivity contribution in [1.29, 1.82) is 5.26 Å². The number of hydrogen-bond donors (Lipinski definition) is 1. The minimum atomic E-state index is -4.72. The average Bonchev–Trinajstić information content (AvgIpc) is 3.06. The van der Waals surface area contributed by atoms with Crippen molar-refractivity contribution in [3.05, 3.63) is 58.6 Å². The van der Waals surface area contributed by atoms with Crippen LogP contribution in [0, 0.1) is 17.1 Å². The van der Waals surface area contributed by atoms with E-state index in [-0.39, 0.29) is 21.9 Å².